The van der Waals surface area contributed by atoms with E-state index in [4.69, 9.17) is 4.42 Å². The summed E-state index contributed by atoms with van der Waals surface area (Å²) in [4.78, 5) is 11.8. The van der Waals surface area contributed by atoms with Crippen molar-refractivity contribution in [3.63, 3.8) is 0 Å². The summed E-state index contributed by atoms with van der Waals surface area (Å²) in [5.41, 5.74) is 1.13. The van der Waals surface area contributed by atoms with Crippen LogP contribution in [0.25, 0.3) is 0 Å². The second-order valence-corrected chi connectivity index (χ2v) is 6.22. The Morgan fingerprint density at radius 3 is 2.95 bits per heavy atom. The number of hydrogen-bond donors (Lipinski definition) is 1. The number of amides is 1. The van der Waals surface area contributed by atoms with Crippen LogP contribution in [0.5, 0.6) is 0 Å². The van der Waals surface area contributed by atoms with Gasteiger partial charge in [0.25, 0.3) is 5.91 Å². The molecule has 0 aliphatic heterocycles. The molecule has 0 aliphatic carbocycles. The van der Waals surface area contributed by atoms with Crippen molar-refractivity contribution in [2.75, 3.05) is 5.32 Å². The molecule has 1 amide bonds. The molecular formula is C14H10BrN3O2S. The highest BCUT2D eigenvalue weighted by molar-refractivity contribution is 9.10. The number of nitrogens with one attached hydrogen (secondary N) is 1. The van der Waals surface area contributed by atoms with Crippen LogP contribution in [0, 0.1) is 0 Å². The molecule has 3 rings (SSSR count). The van der Waals surface area contributed by atoms with Gasteiger partial charge in [-0.25, -0.2) is 0 Å². The quantitative estimate of drug-likeness (QED) is 0.766. The third-order valence-corrected chi connectivity index (χ3v) is 4.01. The van der Waals surface area contributed by atoms with Crippen molar-refractivity contribution in [2.24, 2.45) is 0 Å². The van der Waals surface area contributed by atoms with E-state index in [2.05, 4.69) is 31.4 Å². The number of carbonyl (C=O) groups is 1. The van der Waals surface area contributed by atoms with E-state index in [9.17, 15) is 4.79 Å². The molecule has 0 fully saturated rings. The average Bonchev–Trinajstić information content (AvgIpc) is 3.10. The summed E-state index contributed by atoms with van der Waals surface area (Å²) >= 11 is 4.78. The highest BCUT2D eigenvalue weighted by atomic mass is 79.9. The van der Waals surface area contributed by atoms with Gasteiger partial charge in [0, 0.05) is 10.9 Å². The van der Waals surface area contributed by atoms with Crippen molar-refractivity contribution >= 4 is 38.3 Å². The van der Waals surface area contributed by atoms with E-state index in [0.29, 0.717) is 11.6 Å². The Bertz CT molecular complexity index is 755. The first-order valence-corrected chi connectivity index (χ1v) is 7.73. The van der Waals surface area contributed by atoms with Crippen LogP contribution in [0.4, 0.5) is 5.13 Å². The van der Waals surface area contributed by atoms with Gasteiger partial charge in [-0.05, 0) is 29.8 Å². The van der Waals surface area contributed by atoms with Crippen LogP contribution in [0.1, 0.15) is 21.1 Å². The van der Waals surface area contributed by atoms with Crippen LogP contribution in [0.2, 0.25) is 0 Å². The number of hydrogen-bond acceptors (Lipinski definition) is 5. The second kappa shape index (κ2) is 6.19. The van der Waals surface area contributed by atoms with Gasteiger partial charge in [0.1, 0.15) is 5.01 Å². The summed E-state index contributed by atoms with van der Waals surface area (Å²) in [6.07, 6.45) is 2.13. The molecule has 0 radical (unpaired) electrons. The van der Waals surface area contributed by atoms with Crippen molar-refractivity contribution in [1.29, 1.82) is 0 Å². The fourth-order valence-corrected chi connectivity index (χ4v) is 2.98. The fraction of sp³-hybridized carbons (Fsp3) is 0.0714. The average molecular weight is 364 g/mol. The van der Waals surface area contributed by atoms with E-state index in [0.717, 1.165) is 15.0 Å². The third kappa shape index (κ3) is 3.56. The van der Waals surface area contributed by atoms with Crippen molar-refractivity contribution < 1.29 is 9.21 Å². The Labute approximate surface area is 133 Å². The van der Waals surface area contributed by atoms with Gasteiger partial charge < -0.3 is 4.42 Å². The first-order valence-electron chi connectivity index (χ1n) is 6.12. The van der Waals surface area contributed by atoms with Gasteiger partial charge in [-0.1, -0.05) is 39.4 Å². The Balaban J connectivity index is 1.68. The van der Waals surface area contributed by atoms with Crippen LogP contribution in [0.15, 0.2) is 51.6 Å². The van der Waals surface area contributed by atoms with Crippen molar-refractivity contribution in [2.45, 2.75) is 6.42 Å². The van der Waals surface area contributed by atoms with E-state index in [-0.39, 0.29) is 11.7 Å². The lowest BCUT2D eigenvalue weighted by molar-refractivity contribution is 0.0996. The number of halogens is 1. The summed E-state index contributed by atoms with van der Waals surface area (Å²) in [7, 11) is 0. The summed E-state index contributed by atoms with van der Waals surface area (Å²) in [5.74, 6) is -0.0797. The smallest absolute Gasteiger partial charge is 0.293 e. The van der Waals surface area contributed by atoms with E-state index in [1.165, 1.54) is 17.6 Å². The van der Waals surface area contributed by atoms with Crippen LogP contribution >= 0.6 is 27.3 Å². The largest absolute Gasteiger partial charge is 0.459 e. The second-order valence-electron chi connectivity index (χ2n) is 4.24. The summed E-state index contributed by atoms with van der Waals surface area (Å²) in [6, 6.07) is 11.3. The van der Waals surface area contributed by atoms with E-state index >= 15 is 0 Å². The number of carbonyl (C=O) groups excluding carboxylic acids is 1. The van der Waals surface area contributed by atoms with Gasteiger partial charge in [-0.15, -0.1) is 10.2 Å². The summed E-state index contributed by atoms with van der Waals surface area (Å²) in [5, 5.41) is 12.0. The van der Waals surface area contributed by atoms with Crippen molar-refractivity contribution in [1.82, 2.24) is 10.2 Å². The van der Waals surface area contributed by atoms with Gasteiger partial charge in [0.05, 0.1) is 6.26 Å². The van der Waals surface area contributed by atoms with E-state index in [1.807, 2.05) is 24.3 Å². The zero-order chi connectivity index (χ0) is 14.7. The number of benzene rings is 1. The van der Waals surface area contributed by atoms with Crippen molar-refractivity contribution in [3.05, 3.63) is 63.5 Å². The van der Waals surface area contributed by atoms with Crippen LogP contribution in [-0.4, -0.2) is 16.1 Å². The molecule has 0 saturated carbocycles. The molecule has 21 heavy (non-hydrogen) atoms. The van der Waals surface area contributed by atoms with Crippen molar-refractivity contribution in [3.8, 4) is 0 Å². The van der Waals surface area contributed by atoms with Gasteiger partial charge in [-0.3, -0.25) is 10.1 Å². The van der Waals surface area contributed by atoms with Gasteiger partial charge in [0.15, 0.2) is 5.76 Å². The highest BCUT2D eigenvalue weighted by Gasteiger charge is 2.12. The Morgan fingerprint density at radius 2 is 2.19 bits per heavy atom. The molecule has 2 heterocycles. The molecule has 0 saturated heterocycles. The minimum atomic E-state index is -0.329. The normalized spacial score (nSPS) is 10.5. The minimum absolute atomic E-state index is 0.249. The standard InChI is InChI=1S/C14H10BrN3O2S/c15-10-4-1-3-9(7-10)8-12-17-18-14(21-12)16-13(19)11-5-2-6-20-11/h1-7H,8H2,(H,16,18,19). The summed E-state index contributed by atoms with van der Waals surface area (Å²) in [6.45, 7) is 0. The molecule has 0 spiro atoms. The first-order chi connectivity index (χ1) is 10.2. The molecule has 0 atom stereocenters. The number of furan rings is 1. The Morgan fingerprint density at radius 1 is 1.29 bits per heavy atom. The minimum Gasteiger partial charge on any atom is -0.459 e. The molecule has 0 unspecified atom stereocenters. The van der Waals surface area contributed by atoms with E-state index in [1.54, 1.807) is 12.1 Å². The molecule has 3 aromatic rings. The first kappa shape index (κ1) is 14.0. The monoisotopic (exact) mass is 363 g/mol. The van der Waals surface area contributed by atoms with Gasteiger partial charge in [0.2, 0.25) is 5.13 Å². The topological polar surface area (TPSA) is 68.0 Å². The highest BCUT2D eigenvalue weighted by Crippen LogP contribution is 2.21. The lowest BCUT2D eigenvalue weighted by atomic mass is 10.2. The van der Waals surface area contributed by atoms with Gasteiger partial charge >= 0.3 is 0 Å². The molecule has 1 aromatic carbocycles. The third-order valence-electron chi connectivity index (χ3n) is 2.68. The Kier molecular flexibility index (Phi) is 4.12. The zero-order valence-corrected chi connectivity index (χ0v) is 13.1. The number of rotatable bonds is 4. The molecule has 106 valence electrons. The van der Waals surface area contributed by atoms with Crippen LogP contribution in [-0.2, 0) is 6.42 Å². The zero-order valence-electron chi connectivity index (χ0n) is 10.7. The predicted molar refractivity (Wildman–Crippen MR) is 83.5 cm³/mol. The number of anilines is 1. The predicted octanol–water partition coefficient (Wildman–Crippen LogP) is 3.74. The molecule has 0 bridgehead atoms. The molecule has 1 N–H and O–H groups in total. The maximum Gasteiger partial charge on any atom is 0.293 e. The van der Waals surface area contributed by atoms with E-state index < -0.39 is 0 Å². The number of nitrogens with zero attached hydrogens (tertiary/aromatic N) is 2. The maximum atomic E-state index is 11.8. The SMILES string of the molecule is O=C(Nc1nnc(Cc2cccc(Br)c2)s1)c1ccco1. The lowest BCUT2D eigenvalue weighted by Gasteiger charge is -1.98. The van der Waals surface area contributed by atoms with Crippen LogP contribution < -0.4 is 5.32 Å². The molecule has 2 aromatic heterocycles. The number of aromatic nitrogens is 2. The van der Waals surface area contributed by atoms with Gasteiger partial charge in [-0.2, -0.15) is 0 Å². The Hall–Kier alpha value is -1.99. The molecular weight excluding hydrogens is 354 g/mol. The molecule has 0 aliphatic rings. The molecule has 7 heteroatoms. The fourth-order valence-electron chi connectivity index (χ4n) is 1.76. The lowest BCUT2D eigenvalue weighted by Crippen LogP contribution is -2.10. The summed E-state index contributed by atoms with van der Waals surface area (Å²) < 4.78 is 6.05. The van der Waals surface area contributed by atoms with Crippen LogP contribution in [0.3, 0.4) is 0 Å². The maximum absolute atomic E-state index is 11.8. The molecule has 5 nitrogen and oxygen atoms in total.